The Morgan fingerprint density at radius 1 is 1.20 bits per heavy atom. The van der Waals surface area contributed by atoms with Crippen molar-refractivity contribution in [2.75, 3.05) is 50.5 Å². The van der Waals surface area contributed by atoms with Gasteiger partial charge >= 0.3 is 0 Å². The van der Waals surface area contributed by atoms with E-state index in [1.165, 1.54) is 5.56 Å². The molecule has 1 atom stereocenters. The Labute approximate surface area is 210 Å². The fraction of sp³-hybridized carbons (Fsp3) is 0.429. The summed E-state index contributed by atoms with van der Waals surface area (Å²) in [5.74, 6) is 0.965. The van der Waals surface area contributed by atoms with Crippen molar-refractivity contribution in [3.8, 4) is 6.07 Å². The molecule has 0 bridgehead atoms. The Morgan fingerprint density at radius 3 is 2.54 bits per heavy atom. The molecule has 1 saturated heterocycles. The second-order valence-corrected chi connectivity index (χ2v) is 9.15. The molecule has 0 saturated carbocycles. The molecule has 7 nitrogen and oxygen atoms in total. The Morgan fingerprint density at radius 2 is 1.94 bits per heavy atom. The van der Waals surface area contributed by atoms with E-state index in [4.69, 9.17) is 4.98 Å². The van der Waals surface area contributed by atoms with Crippen LogP contribution >= 0.6 is 0 Å². The smallest absolute Gasteiger partial charge is 0.152 e. The number of rotatable bonds is 10. The zero-order valence-corrected chi connectivity index (χ0v) is 21.8. The van der Waals surface area contributed by atoms with Crippen molar-refractivity contribution in [3.63, 3.8) is 0 Å². The van der Waals surface area contributed by atoms with E-state index in [1.54, 1.807) is 0 Å². The van der Waals surface area contributed by atoms with Crippen LogP contribution in [0.2, 0.25) is 0 Å². The van der Waals surface area contributed by atoms with E-state index < -0.39 is 0 Å². The van der Waals surface area contributed by atoms with E-state index in [1.807, 2.05) is 39.5 Å². The molecule has 3 rings (SSSR count). The number of benzene rings is 1. The van der Waals surface area contributed by atoms with Gasteiger partial charge in [-0.15, -0.1) is 0 Å². The predicted molar refractivity (Wildman–Crippen MR) is 145 cm³/mol. The molecule has 1 unspecified atom stereocenters. The topological polar surface area (TPSA) is 79.2 Å². The summed E-state index contributed by atoms with van der Waals surface area (Å²) in [4.78, 5) is 9.62. The molecule has 1 aromatic carbocycles. The molecule has 0 amide bonds. The van der Waals surface area contributed by atoms with Crippen LogP contribution in [-0.2, 0) is 6.54 Å². The maximum atomic E-state index is 9.18. The van der Waals surface area contributed by atoms with Crippen LogP contribution < -0.4 is 20.9 Å². The molecule has 3 N–H and O–H groups in total. The second-order valence-electron chi connectivity index (χ2n) is 9.15. The quantitative estimate of drug-likeness (QED) is 0.451. The zero-order valence-electron chi connectivity index (χ0n) is 21.8. The first kappa shape index (κ1) is 26.3. The van der Waals surface area contributed by atoms with E-state index in [-0.39, 0.29) is 6.04 Å². The van der Waals surface area contributed by atoms with Gasteiger partial charge in [0.15, 0.2) is 5.82 Å². The van der Waals surface area contributed by atoms with E-state index in [9.17, 15) is 5.26 Å². The van der Waals surface area contributed by atoms with Gasteiger partial charge < -0.3 is 20.9 Å². The lowest BCUT2D eigenvalue weighted by Crippen LogP contribution is -2.46. The lowest BCUT2D eigenvalue weighted by Gasteiger charge is -2.36. The highest BCUT2D eigenvalue weighted by Crippen LogP contribution is 2.29. The molecule has 0 aliphatic carbocycles. The second kappa shape index (κ2) is 12.4. The van der Waals surface area contributed by atoms with Crippen molar-refractivity contribution in [3.05, 3.63) is 76.8 Å². The number of nitrogens with one attached hydrogen (secondary N) is 3. The number of hydrogen-bond donors (Lipinski definition) is 3. The number of likely N-dealkylation sites (N-methyl/N-ethyl adjacent to an activating group) is 1. The number of aromatic nitrogens is 1. The number of hydrogen-bond acceptors (Lipinski definition) is 7. The number of anilines is 2. The molecule has 186 valence electrons. The SMILES string of the molecule is C=C(Nc1cc(C)cnc1N1CCN(Cc2ccc(C#N)c(C)c2)CC1)/C(=C/NC)C(CC)NC. The van der Waals surface area contributed by atoms with Crippen LogP contribution in [-0.4, -0.2) is 56.2 Å². The first-order valence-electron chi connectivity index (χ1n) is 12.3. The van der Waals surface area contributed by atoms with Crippen LogP contribution in [0.25, 0.3) is 0 Å². The number of nitrogens with zero attached hydrogens (tertiary/aromatic N) is 4. The summed E-state index contributed by atoms with van der Waals surface area (Å²) in [6.07, 6.45) is 4.90. The summed E-state index contributed by atoms with van der Waals surface area (Å²) >= 11 is 0. The Hall–Kier alpha value is -3.34. The van der Waals surface area contributed by atoms with Crippen LogP contribution in [0.4, 0.5) is 11.5 Å². The molecule has 1 fully saturated rings. The summed E-state index contributed by atoms with van der Waals surface area (Å²) < 4.78 is 0. The minimum absolute atomic E-state index is 0.207. The number of piperazine rings is 1. The highest BCUT2D eigenvalue weighted by molar-refractivity contribution is 5.70. The summed E-state index contributed by atoms with van der Waals surface area (Å²) in [6.45, 7) is 15.2. The fourth-order valence-electron chi connectivity index (χ4n) is 4.60. The molecule has 1 aromatic heterocycles. The van der Waals surface area contributed by atoms with Gasteiger partial charge in [0.1, 0.15) is 0 Å². The van der Waals surface area contributed by atoms with Crippen molar-refractivity contribution in [2.24, 2.45) is 0 Å². The molecule has 35 heavy (non-hydrogen) atoms. The summed E-state index contributed by atoms with van der Waals surface area (Å²) in [5, 5.41) is 19.3. The van der Waals surface area contributed by atoms with E-state index in [0.717, 1.165) is 78.6 Å². The van der Waals surface area contributed by atoms with Gasteiger partial charge in [-0.25, -0.2) is 4.98 Å². The molecule has 1 aliphatic heterocycles. The molecule has 7 heteroatoms. The number of pyridine rings is 1. The molecule has 0 radical (unpaired) electrons. The lowest BCUT2D eigenvalue weighted by molar-refractivity contribution is 0.249. The van der Waals surface area contributed by atoms with E-state index in [2.05, 4.69) is 70.4 Å². The van der Waals surface area contributed by atoms with Gasteiger partial charge in [-0.1, -0.05) is 25.6 Å². The molecular weight excluding hydrogens is 434 g/mol. The van der Waals surface area contributed by atoms with Crippen molar-refractivity contribution >= 4 is 11.5 Å². The van der Waals surface area contributed by atoms with Crippen LogP contribution in [0.15, 0.2) is 54.5 Å². The van der Waals surface area contributed by atoms with Crippen molar-refractivity contribution in [1.82, 2.24) is 20.5 Å². The average molecular weight is 474 g/mol. The first-order chi connectivity index (χ1) is 16.9. The monoisotopic (exact) mass is 473 g/mol. The van der Waals surface area contributed by atoms with Gasteiger partial charge in [-0.05, 0) is 56.1 Å². The predicted octanol–water partition coefficient (Wildman–Crippen LogP) is 3.92. The largest absolute Gasteiger partial charge is 0.394 e. The van der Waals surface area contributed by atoms with Crippen LogP contribution in [0.5, 0.6) is 0 Å². The van der Waals surface area contributed by atoms with Crippen molar-refractivity contribution < 1.29 is 0 Å². The Bertz CT molecular complexity index is 1090. The van der Waals surface area contributed by atoms with Gasteiger partial charge in [0.25, 0.3) is 0 Å². The van der Waals surface area contributed by atoms with Gasteiger partial charge in [-0.2, -0.15) is 5.26 Å². The zero-order chi connectivity index (χ0) is 25.4. The third kappa shape index (κ3) is 6.62. The molecule has 1 aliphatic rings. The highest BCUT2D eigenvalue weighted by Gasteiger charge is 2.22. The molecule has 0 spiro atoms. The summed E-state index contributed by atoms with van der Waals surface area (Å²) in [7, 11) is 3.89. The molecule has 2 aromatic rings. The van der Waals surface area contributed by atoms with Crippen LogP contribution in [0.1, 0.15) is 35.6 Å². The Kier molecular flexibility index (Phi) is 9.30. The van der Waals surface area contributed by atoms with Gasteiger partial charge in [-0.3, -0.25) is 4.90 Å². The summed E-state index contributed by atoms with van der Waals surface area (Å²) in [5.41, 5.74) is 7.10. The maximum Gasteiger partial charge on any atom is 0.152 e. The lowest BCUT2D eigenvalue weighted by atomic mass is 10.0. The standard InChI is InChI=1S/C28H39N7/c1-7-26(31-6)25(18-30-5)22(4)33-27-14-20(2)17-32-28(27)35-12-10-34(11-13-35)19-23-8-9-24(16-29)21(3)15-23/h8-9,14-15,17-18,26,30-31,33H,4,7,10-13,19H2,1-3,5-6H3/b25-18-. The third-order valence-corrected chi connectivity index (χ3v) is 6.56. The molecular formula is C28H39N7. The fourth-order valence-corrected chi connectivity index (χ4v) is 4.60. The van der Waals surface area contributed by atoms with Gasteiger partial charge in [0.2, 0.25) is 0 Å². The minimum Gasteiger partial charge on any atom is -0.394 e. The molecule has 2 heterocycles. The van der Waals surface area contributed by atoms with E-state index >= 15 is 0 Å². The van der Waals surface area contributed by atoms with Gasteiger partial charge in [0, 0.05) is 69.5 Å². The van der Waals surface area contributed by atoms with Crippen LogP contribution in [0, 0.1) is 25.2 Å². The van der Waals surface area contributed by atoms with Gasteiger partial charge in [0.05, 0.1) is 17.3 Å². The van der Waals surface area contributed by atoms with E-state index in [0.29, 0.717) is 0 Å². The average Bonchev–Trinajstić information content (AvgIpc) is 2.85. The minimum atomic E-state index is 0.207. The summed E-state index contributed by atoms with van der Waals surface area (Å²) in [6, 6.07) is 10.7. The first-order valence-corrected chi connectivity index (χ1v) is 12.3. The maximum absolute atomic E-state index is 9.18. The number of aryl methyl sites for hydroxylation is 2. The van der Waals surface area contributed by atoms with Crippen LogP contribution in [0.3, 0.4) is 0 Å². The normalized spacial score (nSPS) is 15.4. The third-order valence-electron chi connectivity index (χ3n) is 6.56. The number of nitriles is 1. The highest BCUT2D eigenvalue weighted by atomic mass is 15.3. The van der Waals surface area contributed by atoms with Crippen molar-refractivity contribution in [1.29, 1.82) is 5.26 Å². The Balaban J connectivity index is 1.70. The van der Waals surface area contributed by atoms with Crippen molar-refractivity contribution in [2.45, 2.75) is 39.8 Å².